The number of hydrogen-bond acceptors (Lipinski definition) is 8. The van der Waals surface area contributed by atoms with E-state index >= 15 is 0 Å². The van der Waals surface area contributed by atoms with Gasteiger partial charge in [0.2, 0.25) is 11.5 Å². The van der Waals surface area contributed by atoms with Crippen molar-refractivity contribution in [3.8, 4) is 23.0 Å². The van der Waals surface area contributed by atoms with Crippen molar-refractivity contribution in [1.82, 2.24) is 0 Å². The largest absolute Gasteiger partial charge is 0.493 e. The molecule has 0 saturated heterocycles. The molecular weight excluding hydrogens is 380 g/mol. The van der Waals surface area contributed by atoms with Gasteiger partial charge in [-0.1, -0.05) is 0 Å². The summed E-state index contributed by atoms with van der Waals surface area (Å²) in [6.07, 6.45) is -1.20. The number of aliphatic hydroxyl groups is 1. The number of aliphatic hydroxyl groups excluding tert-OH is 1. The smallest absolute Gasteiger partial charge is 0.308 e. The zero-order valence-corrected chi connectivity index (χ0v) is 16.6. The maximum Gasteiger partial charge on any atom is 0.308 e. The van der Waals surface area contributed by atoms with Crippen LogP contribution in [0.3, 0.4) is 0 Å². The van der Waals surface area contributed by atoms with Gasteiger partial charge in [-0.05, 0) is 43.3 Å². The molecule has 0 aromatic heterocycles. The number of benzene rings is 2. The summed E-state index contributed by atoms with van der Waals surface area (Å²) in [6, 6.07) is 8.95. The minimum Gasteiger partial charge on any atom is -0.493 e. The number of hydrogen-bond donors (Lipinski definition) is 1. The lowest BCUT2D eigenvalue weighted by molar-refractivity contribution is -0.132. The van der Waals surface area contributed by atoms with Crippen LogP contribution in [0.4, 0.5) is 0 Å². The monoisotopic (exact) mass is 402 g/mol. The first-order valence-corrected chi connectivity index (χ1v) is 8.67. The summed E-state index contributed by atoms with van der Waals surface area (Å²) in [5.41, 5.74) is 0.633. The average Bonchev–Trinajstić information content (AvgIpc) is 2.71. The Bertz CT molecular complexity index is 876. The van der Waals surface area contributed by atoms with Gasteiger partial charge in [0.1, 0.15) is 5.75 Å². The van der Waals surface area contributed by atoms with Gasteiger partial charge in [0.25, 0.3) is 0 Å². The number of carbonyl (C=O) groups excluding carboxylic acids is 3. The number of carbonyl (C=O) groups is 3. The summed E-state index contributed by atoms with van der Waals surface area (Å²) in [5, 5.41) is 9.66. The topological polar surface area (TPSA) is 108 Å². The van der Waals surface area contributed by atoms with Gasteiger partial charge in [-0.15, -0.1) is 0 Å². The van der Waals surface area contributed by atoms with Gasteiger partial charge in [0.15, 0.2) is 23.4 Å². The van der Waals surface area contributed by atoms with E-state index in [4.69, 9.17) is 18.9 Å². The molecule has 0 amide bonds. The molecule has 0 aliphatic rings. The molecule has 0 radical (unpaired) electrons. The van der Waals surface area contributed by atoms with Crippen LogP contribution in [0, 0.1) is 0 Å². The number of ether oxygens (including phenoxy) is 4. The quantitative estimate of drug-likeness (QED) is 0.387. The third-order valence-electron chi connectivity index (χ3n) is 3.99. The van der Waals surface area contributed by atoms with E-state index in [9.17, 15) is 19.5 Å². The molecule has 0 bridgehead atoms. The summed E-state index contributed by atoms with van der Waals surface area (Å²) in [6.45, 7) is 2.09. The SMILES string of the molecule is COc1cc(C(=O)C(CO)Oc2ccc(C(C)=O)cc2)cc(OC)c1OC(C)=O. The molecule has 2 aromatic carbocycles. The normalized spacial score (nSPS) is 11.3. The van der Waals surface area contributed by atoms with Gasteiger partial charge in [-0.3, -0.25) is 14.4 Å². The molecule has 0 fully saturated rings. The van der Waals surface area contributed by atoms with Crippen LogP contribution in [0.25, 0.3) is 0 Å². The van der Waals surface area contributed by atoms with Crippen molar-refractivity contribution in [2.45, 2.75) is 20.0 Å². The van der Waals surface area contributed by atoms with E-state index in [0.29, 0.717) is 11.3 Å². The molecule has 8 heteroatoms. The Labute approximate surface area is 168 Å². The molecule has 2 rings (SSSR count). The van der Waals surface area contributed by atoms with Crippen LogP contribution in [0.5, 0.6) is 23.0 Å². The van der Waals surface area contributed by atoms with Crippen LogP contribution in [-0.4, -0.2) is 49.6 Å². The predicted molar refractivity (Wildman–Crippen MR) is 103 cm³/mol. The summed E-state index contributed by atoms with van der Waals surface area (Å²) >= 11 is 0. The lowest BCUT2D eigenvalue weighted by Gasteiger charge is -2.18. The highest BCUT2D eigenvalue weighted by Gasteiger charge is 2.25. The Morgan fingerprint density at radius 3 is 1.90 bits per heavy atom. The highest BCUT2D eigenvalue weighted by atomic mass is 16.6. The van der Waals surface area contributed by atoms with Crippen molar-refractivity contribution in [2.24, 2.45) is 0 Å². The first-order valence-electron chi connectivity index (χ1n) is 8.67. The number of rotatable bonds is 9. The minimum absolute atomic E-state index is 0.0420. The molecular formula is C21H22O8. The highest BCUT2D eigenvalue weighted by Crippen LogP contribution is 2.39. The molecule has 154 valence electrons. The zero-order valence-electron chi connectivity index (χ0n) is 16.6. The Morgan fingerprint density at radius 2 is 1.48 bits per heavy atom. The second kappa shape index (κ2) is 9.70. The Balaban J connectivity index is 2.32. The fourth-order valence-electron chi connectivity index (χ4n) is 2.56. The molecule has 0 saturated carbocycles. The molecule has 0 aliphatic heterocycles. The minimum atomic E-state index is -1.20. The van der Waals surface area contributed by atoms with E-state index in [-0.39, 0.29) is 28.6 Å². The molecule has 29 heavy (non-hydrogen) atoms. The molecule has 8 nitrogen and oxygen atoms in total. The van der Waals surface area contributed by atoms with Gasteiger partial charge < -0.3 is 24.1 Å². The van der Waals surface area contributed by atoms with Crippen LogP contribution < -0.4 is 18.9 Å². The summed E-state index contributed by atoms with van der Waals surface area (Å²) in [4.78, 5) is 35.5. The van der Waals surface area contributed by atoms with E-state index in [2.05, 4.69) is 0 Å². The van der Waals surface area contributed by atoms with Crippen molar-refractivity contribution in [1.29, 1.82) is 0 Å². The van der Waals surface area contributed by atoms with Crippen LogP contribution >= 0.6 is 0 Å². The van der Waals surface area contributed by atoms with Crippen molar-refractivity contribution < 1.29 is 38.4 Å². The predicted octanol–water partition coefficient (Wildman–Crippen LogP) is 2.45. The molecule has 2 aromatic rings. The summed E-state index contributed by atoms with van der Waals surface area (Å²) in [5.74, 6) is -0.618. The van der Waals surface area contributed by atoms with Crippen LogP contribution in [0.1, 0.15) is 34.6 Å². The van der Waals surface area contributed by atoms with Gasteiger partial charge >= 0.3 is 5.97 Å². The van der Waals surface area contributed by atoms with Crippen LogP contribution in [0.15, 0.2) is 36.4 Å². The van der Waals surface area contributed by atoms with Gasteiger partial charge in [0.05, 0.1) is 20.8 Å². The lowest BCUT2D eigenvalue weighted by atomic mass is 10.0. The lowest BCUT2D eigenvalue weighted by Crippen LogP contribution is -2.31. The van der Waals surface area contributed by atoms with Gasteiger partial charge in [-0.2, -0.15) is 0 Å². The van der Waals surface area contributed by atoms with Crippen molar-refractivity contribution in [3.05, 3.63) is 47.5 Å². The average molecular weight is 402 g/mol. The van der Waals surface area contributed by atoms with Crippen molar-refractivity contribution in [3.63, 3.8) is 0 Å². The van der Waals surface area contributed by atoms with Crippen LogP contribution in [0.2, 0.25) is 0 Å². The summed E-state index contributed by atoms with van der Waals surface area (Å²) in [7, 11) is 2.71. The van der Waals surface area contributed by atoms with Crippen LogP contribution in [-0.2, 0) is 4.79 Å². The molecule has 1 atom stereocenters. The number of esters is 1. The zero-order chi connectivity index (χ0) is 21.6. The van der Waals surface area contributed by atoms with Gasteiger partial charge in [-0.25, -0.2) is 0 Å². The molecule has 0 heterocycles. The van der Waals surface area contributed by atoms with E-state index in [1.807, 2.05) is 0 Å². The number of methoxy groups -OCH3 is 2. The third-order valence-corrected chi connectivity index (χ3v) is 3.99. The highest BCUT2D eigenvalue weighted by molar-refractivity contribution is 6.01. The number of ketones is 2. The van der Waals surface area contributed by atoms with Gasteiger partial charge in [0, 0.05) is 18.1 Å². The second-order valence-corrected chi connectivity index (χ2v) is 6.04. The van der Waals surface area contributed by atoms with E-state index < -0.39 is 24.5 Å². The first-order chi connectivity index (χ1) is 13.8. The maximum absolute atomic E-state index is 12.9. The molecule has 0 aliphatic carbocycles. The summed E-state index contributed by atoms with van der Waals surface area (Å²) < 4.78 is 21.1. The Morgan fingerprint density at radius 1 is 0.931 bits per heavy atom. The molecule has 1 unspecified atom stereocenters. The first kappa shape index (κ1) is 21.9. The van der Waals surface area contributed by atoms with Crippen molar-refractivity contribution in [2.75, 3.05) is 20.8 Å². The van der Waals surface area contributed by atoms with E-state index in [1.54, 1.807) is 12.1 Å². The van der Waals surface area contributed by atoms with E-state index in [1.165, 1.54) is 52.3 Å². The second-order valence-electron chi connectivity index (χ2n) is 6.04. The molecule has 1 N–H and O–H groups in total. The Kier molecular flexibility index (Phi) is 7.33. The Hall–Kier alpha value is -3.39. The van der Waals surface area contributed by atoms with E-state index in [0.717, 1.165) is 0 Å². The van der Waals surface area contributed by atoms with Crippen molar-refractivity contribution >= 4 is 17.5 Å². The fourth-order valence-corrected chi connectivity index (χ4v) is 2.56. The standard InChI is InChI=1S/C21H22O8/c1-12(23)14-5-7-16(8-6-14)29-19(11-22)20(25)15-9-17(26-3)21(28-13(2)24)18(10-15)27-4/h5-10,19,22H,11H2,1-4H3. The maximum atomic E-state index is 12.9. The molecule has 0 spiro atoms. The third kappa shape index (κ3) is 5.32. The number of Topliss-reactive ketones (excluding diaryl/α,β-unsaturated/α-hetero) is 2. The fraction of sp³-hybridized carbons (Fsp3) is 0.286.